The van der Waals surface area contributed by atoms with Gasteiger partial charge < -0.3 is 9.80 Å². The molecule has 0 N–H and O–H groups in total. The van der Waals surface area contributed by atoms with Gasteiger partial charge in [0.05, 0.1) is 6.54 Å². The molecule has 1 atom stereocenters. The van der Waals surface area contributed by atoms with Crippen LogP contribution >= 0.6 is 0 Å². The van der Waals surface area contributed by atoms with Gasteiger partial charge in [-0.25, -0.2) is 0 Å². The van der Waals surface area contributed by atoms with Gasteiger partial charge in [-0.15, -0.1) is 0 Å². The number of hydrogen-bond donors (Lipinski definition) is 0. The highest BCUT2D eigenvalue weighted by Crippen LogP contribution is 2.25. The standard InChI is InChI=1S/C16H24N2O2/c19-15-12-17(11-9-13-6-2-1-3-7-13)16(20)14-8-4-5-10-18(14)15/h6,14H,1-5,7-12H2. The van der Waals surface area contributed by atoms with E-state index in [1.165, 1.54) is 31.3 Å². The van der Waals surface area contributed by atoms with Gasteiger partial charge in [-0.05, 0) is 51.4 Å². The van der Waals surface area contributed by atoms with Crippen LogP contribution in [0, 0.1) is 0 Å². The number of carbonyl (C=O) groups excluding carboxylic acids is 2. The average molecular weight is 276 g/mol. The van der Waals surface area contributed by atoms with Crippen molar-refractivity contribution in [3.8, 4) is 0 Å². The van der Waals surface area contributed by atoms with Crippen LogP contribution in [0.1, 0.15) is 51.4 Å². The molecule has 20 heavy (non-hydrogen) atoms. The lowest BCUT2D eigenvalue weighted by Crippen LogP contribution is -2.61. The molecule has 0 saturated carbocycles. The van der Waals surface area contributed by atoms with Crippen LogP contribution in [0.25, 0.3) is 0 Å². The number of hydrogen-bond acceptors (Lipinski definition) is 2. The second-order valence-corrected chi connectivity index (χ2v) is 6.22. The van der Waals surface area contributed by atoms with E-state index in [1.807, 2.05) is 4.90 Å². The Hall–Kier alpha value is -1.32. The van der Waals surface area contributed by atoms with Gasteiger partial charge in [0.1, 0.15) is 6.04 Å². The first-order valence-electron chi connectivity index (χ1n) is 8.02. The summed E-state index contributed by atoms with van der Waals surface area (Å²) in [6.07, 6.45) is 11.2. The number of nitrogens with zero attached hydrogens (tertiary/aromatic N) is 2. The van der Waals surface area contributed by atoms with Gasteiger partial charge in [0.15, 0.2) is 0 Å². The van der Waals surface area contributed by atoms with Crippen LogP contribution in [-0.2, 0) is 9.59 Å². The maximum absolute atomic E-state index is 12.5. The summed E-state index contributed by atoms with van der Waals surface area (Å²) < 4.78 is 0. The monoisotopic (exact) mass is 276 g/mol. The van der Waals surface area contributed by atoms with E-state index in [9.17, 15) is 9.59 Å². The Morgan fingerprint density at radius 2 is 2.05 bits per heavy atom. The third kappa shape index (κ3) is 2.74. The molecule has 1 unspecified atom stereocenters. The van der Waals surface area contributed by atoms with E-state index in [0.717, 1.165) is 38.8 Å². The van der Waals surface area contributed by atoms with Gasteiger partial charge in [-0.2, -0.15) is 0 Å². The van der Waals surface area contributed by atoms with Gasteiger partial charge >= 0.3 is 0 Å². The second-order valence-electron chi connectivity index (χ2n) is 6.22. The molecular formula is C16H24N2O2. The zero-order valence-corrected chi connectivity index (χ0v) is 12.1. The maximum atomic E-state index is 12.5. The van der Waals surface area contributed by atoms with E-state index in [1.54, 1.807) is 4.90 Å². The van der Waals surface area contributed by atoms with Crippen molar-refractivity contribution in [2.45, 2.75) is 57.4 Å². The molecule has 3 aliphatic rings. The van der Waals surface area contributed by atoms with Crippen molar-refractivity contribution in [2.24, 2.45) is 0 Å². The third-order valence-electron chi connectivity index (χ3n) is 4.83. The molecule has 0 aromatic carbocycles. The molecule has 2 fully saturated rings. The zero-order chi connectivity index (χ0) is 13.9. The minimum Gasteiger partial charge on any atom is -0.331 e. The van der Waals surface area contributed by atoms with E-state index in [2.05, 4.69) is 6.08 Å². The van der Waals surface area contributed by atoms with E-state index in [-0.39, 0.29) is 17.9 Å². The zero-order valence-electron chi connectivity index (χ0n) is 12.1. The number of piperazine rings is 1. The molecule has 0 aromatic rings. The summed E-state index contributed by atoms with van der Waals surface area (Å²) in [6, 6.07) is -0.162. The van der Waals surface area contributed by atoms with E-state index in [0.29, 0.717) is 6.54 Å². The van der Waals surface area contributed by atoms with Crippen molar-refractivity contribution in [1.29, 1.82) is 0 Å². The van der Waals surface area contributed by atoms with Gasteiger partial charge in [0.25, 0.3) is 0 Å². The van der Waals surface area contributed by atoms with Gasteiger partial charge in [-0.1, -0.05) is 11.6 Å². The summed E-state index contributed by atoms with van der Waals surface area (Å²) in [5.41, 5.74) is 1.47. The topological polar surface area (TPSA) is 40.6 Å². The Bertz CT molecular complexity index is 430. The molecule has 0 spiro atoms. The molecule has 0 radical (unpaired) electrons. The number of rotatable bonds is 3. The first-order valence-corrected chi connectivity index (χ1v) is 8.02. The van der Waals surface area contributed by atoms with Crippen LogP contribution in [0.4, 0.5) is 0 Å². The number of carbonyl (C=O) groups is 2. The summed E-state index contributed by atoms with van der Waals surface area (Å²) in [5.74, 6) is 0.327. The Morgan fingerprint density at radius 1 is 1.15 bits per heavy atom. The number of allylic oxidation sites excluding steroid dienone is 1. The third-order valence-corrected chi connectivity index (χ3v) is 4.83. The molecule has 4 nitrogen and oxygen atoms in total. The Balaban J connectivity index is 1.60. The largest absolute Gasteiger partial charge is 0.331 e. The van der Waals surface area contributed by atoms with Crippen LogP contribution in [0.3, 0.4) is 0 Å². The van der Waals surface area contributed by atoms with E-state index < -0.39 is 0 Å². The van der Waals surface area contributed by atoms with Gasteiger partial charge in [0.2, 0.25) is 11.8 Å². The highest BCUT2D eigenvalue weighted by Gasteiger charge is 2.39. The molecule has 0 bridgehead atoms. The Morgan fingerprint density at radius 3 is 2.85 bits per heavy atom. The number of amides is 2. The quantitative estimate of drug-likeness (QED) is 0.741. The summed E-state index contributed by atoms with van der Waals surface area (Å²) in [4.78, 5) is 28.2. The number of piperidine rings is 1. The highest BCUT2D eigenvalue weighted by atomic mass is 16.2. The molecule has 2 heterocycles. The number of fused-ring (bicyclic) bond motifs is 1. The molecule has 110 valence electrons. The van der Waals surface area contributed by atoms with Crippen molar-refractivity contribution in [3.05, 3.63) is 11.6 Å². The molecule has 4 heteroatoms. The van der Waals surface area contributed by atoms with Crippen LogP contribution in [0.2, 0.25) is 0 Å². The Labute approximate surface area is 120 Å². The summed E-state index contributed by atoms with van der Waals surface area (Å²) in [7, 11) is 0. The summed E-state index contributed by atoms with van der Waals surface area (Å²) >= 11 is 0. The van der Waals surface area contributed by atoms with Gasteiger partial charge in [0, 0.05) is 13.1 Å². The fraction of sp³-hybridized carbons (Fsp3) is 0.750. The molecule has 2 saturated heterocycles. The smallest absolute Gasteiger partial charge is 0.245 e. The van der Waals surface area contributed by atoms with Crippen LogP contribution in [0.5, 0.6) is 0 Å². The SMILES string of the molecule is O=C1C2CCCCN2C(=O)CN1CCC1=CCCCC1. The summed E-state index contributed by atoms with van der Waals surface area (Å²) in [6.45, 7) is 1.79. The summed E-state index contributed by atoms with van der Waals surface area (Å²) in [5, 5.41) is 0. The lowest BCUT2D eigenvalue weighted by molar-refractivity contribution is -0.157. The van der Waals surface area contributed by atoms with Crippen LogP contribution in [0.15, 0.2) is 11.6 Å². The fourth-order valence-corrected chi connectivity index (χ4v) is 3.63. The molecule has 0 aromatic heterocycles. The lowest BCUT2D eigenvalue weighted by Gasteiger charge is -2.42. The maximum Gasteiger partial charge on any atom is 0.245 e. The minimum atomic E-state index is -0.162. The predicted octanol–water partition coefficient (Wildman–Crippen LogP) is 2.10. The predicted molar refractivity (Wildman–Crippen MR) is 77.1 cm³/mol. The Kier molecular flexibility index (Phi) is 4.08. The normalized spacial score (nSPS) is 27.4. The molecule has 2 aliphatic heterocycles. The van der Waals surface area contributed by atoms with E-state index in [4.69, 9.17) is 0 Å². The first-order chi connectivity index (χ1) is 9.75. The van der Waals surface area contributed by atoms with Crippen molar-refractivity contribution in [1.82, 2.24) is 9.80 Å². The minimum absolute atomic E-state index is 0.145. The first kappa shape index (κ1) is 13.7. The lowest BCUT2D eigenvalue weighted by atomic mass is 9.95. The van der Waals surface area contributed by atoms with Crippen LogP contribution in [-0.4, -0.2) is 47.3 Å². The van der Waals surface area contributed by atoms with Crippen molar-refractivity contribution < 1.29 is 9.59 Å². The van der Waals surface area contributed by atoms with Crippen molar-refractivity contribution >= 4 is 11.8 Å². The van der Waals surface area contributed by atoms with E-state index >= 15 is 0 Å². The van der Waals surface area contributed by atoms with Crippen LogP contribution < -0.4 is 0 Å². The fourth-order valence-electron chi connectivity index (χ4n) is 3.63. The molecule has 2 amide bonds. The van der Waals surface area contributed by atoms with Gasteiger partial charge in [-0.3, -0.25) is 9.59 Å². The average Bonchev–Trinajstić information content (AvgIpc) is 2.50. The molecular weight excluding hydrogens is 252 g/mol. The molecule has 1 aliphatic carbocycles. The molecule has 3 rings (SSSR count). The highest BCUT2D eigenvalue weighted by molar-refractivity contribution is 5.95. The second kappa shape index (κ2) is 5.98. The van der Waals surface area contributed by atoms with Crippen molar-refractivity contribution in [2.75, 3.05) is 19.6 Å². The van der Waals surface area contributed by atoms with Crippen molar-refractivity contribution in [3.63, 3.8) is 0 Å².